The molecule has 0 unspecified atom stereocenters. The molecule has 1 N–H and O–H groups in total. The SMILES string of the molecule is CC(C)(C)OC(=O)NCC1CN(C(=O)c2ccc(B3OC(C)(C)C(C)(C)O3)cc2Cl)C1. The molecule has 0 bridgehead atoms. The Kier molecular flexibility index (Phi) is 6.40. The number of rotatable bonds is 4. The average molecular weight is 451 g/mol. The van der Waals surface area contributed by atoms with Crippen LogP contribution in [0.4, 0.5) is 4.79 Å². The maximum absolute atomic E-state index is 12.8. The first kappa shape index (κ1) is 23.9. The maximum Gasteiger partial charge on any atom is 0.494 e. The second-order valence-corrected chi connectivity index (χ2v) is 10.7. The molecule has 2 fully saturated rings. The van der Waals surface area contributed by atoms with Crippen LogP contribution in [-0.2, 0) is 14.0 Å². The van der Waals surface area contributed by atoms with Gasteiger partial charge in [-0.2, -0.15) is 0 Å². The van der Waals surface area contributed by atoms with Crippen LogP contribution >= 0.6 is 11.6 Å². The van der Waals surface area contributed by atoms with E-state index in [-0.39, 0.29) is 11.8 Å². The number of amides is 2. The Hall–Kier alpha value is -1.77. The van der Waals surface area contributed by atoms with Gasteiger partial charge < -0.3 is 24.3 Å². The molecule has 1 aromatic rings. The Labute approximate surface area is 189 Å². The molecule has 2 saturated heterocycles. The summed E-state index contributed by atoms with van der Waals surface area (Å²) in [6.07, 6.45) is -0.446. The zero-order valence-corrected chi connectivity index (χ0v) is 20.1. The van der Waals surface area contributed by atoms with Gasteiger partial charge in [0.15, 0.2) is 0 Å². The van der Waals surface area contributed by atoms with Crippen molar-refractivity contribution >= 4 is 36.2 Å². The molecule has 3 rings (SSSR count). The largest absolute Gasteiger partial charge is 0.494 e. The van der Waals surface area contributed by atoms with Crippen LogP contribution in [0.15, 0.2) is 18.2 Å². The topological polar surface area (TPSA) is 77.1 Å². The van der Waals surface area contributed by atoms with Crippen LogP contribution in [0, 0.1) is 5.92 Å². The van der Waals surface area contributed by atoms with Crippen LogP contribution in [0.2, 0.25) is 5.02 Å². The van der Waals surface area contributed by atoms with Crippen molar-refractivity contribution in [2.45, 2.75) is 65.3 Å². The molecule has 0 aliphatic carbocycles. The summed E-state index contributed by atoms with van der Waals surface area (Å²) in [6.45, 7) is 15.0. The van der Waals surface area contributed by atoms with Gasteiger partial charge in [0, 0.05) is 25.6 Å². The molecule has 2 aliphatic heterocycles. The maximum atomic E-state index is 12.8. The molecule has 2 aliphatic rings. The highest BCUT2D eigenvalue weighted by Crippen LogP contribution is 2.36. The van der Waals surface area contributed by atoms with Gasteiger partial charge in [-0.3, -0.25) is 4.79 Å². The first-order chi connectivity index (χ1) is 14.2. The second-order valence-electron chi connectivity index (χ2n) is 10.3. The zero-order chi connectivity index (χ0) is 23.2. The van der Waals surface area contributed by atoms with E-state index in [1.54, 1.807) is 17.0 Å². The van der Waals surface area contributed by atoms with Crippen LogP contribution in [0.5, 0.6) is 0 Å². The number of carbonyl (C=O) groups excluding carboxylic acids is 2. The summed E-state index contributed by atoms with van der Waals surface area (Å²) in [5, 5.41) is 3.12. The number of halogens is 1. The Balaban J connectivity index is 1.54. The van der Waals surface area contributed by atoms with E-state index in [0.29, 0.717) is 30.2 Å². The number of likely N-dealkylation sites (tertiary alicyclic amines) is 1. The molecule has 0 spiro atoms. The molecular formula is C22H32BClN2O5. The fourth-order valence-electron chi connectivity index (χ4n) is 3.41. The van der Waals surface area contributed by atoms with E-state index in [4.69, 9.17) is 25.6 Å². The molecule has 1 aromatic carbocycles. The smallest absolute Gasteiger partial charge is 0.444 e. The Morgan fingerprint density at radius 2 is 1.77 bits per heavy atom. The number of alkyl carbamates (subject to hydrolysis) is 1. The van der Waals surface area contributed by atoms with E-state index in [2.05, 4.69) is 5.32 Å². The van der Waals surface area contributed by atoms with E-state index in [0.717, 1.165) is 5.46 Å². The summed E-state index contributed by atoms with van der Waals surface area (Å²) in [5.41, 5.74) is -0.199. The number of ether oxygens (including phenoxy) is 1. The average Bonchev–Trinajstić information content (AvgIpc) is 2.79. The summed E-state index contributed by atoms with van der Waals surface area (Å²) >= 11 is 6.44. The third-order valence-electron chi connectivity index (χ3n) is 5.93. The van der Waals surface area contributed by atoms with E-state index < -0.39 is 30.0 Å². The summed E-state index contributed by atoms with van der Waals surface area (Å²) in [4.78, 5) is 26.3. The van der Waals surface area contributed by atoms with E-state index in [1.807, 2.05) is 54.5 Å². The Morgan fingerprint density at radius 3 is 2.29 bits per heavy atom. The van der Waals surface area contributed by atoms with Gasteiger partial charge in [-0.05, 0) is 66.1 Å². The third kappa shape index (κ3) is 5.36. The first-order valence-electron chi connectivity index (χ1n) is 10.6. The van der Waals surface area contributed by atoms with Gasteiger partial charge in [-0.15, -0.1) is 0 Å². The third-order valence-corrected chi connectivity index (χ3v) is 6.24. The minimum absolute atomic E-state index is 0.126. The van der Waals surface area contributed by atoms with E-state index >= 15 is 0 Å². The lowest BCUT2D eigenvalue weighted by molar-refractivity contribution is 0.00578. The lowest BCUT2D eigenvalue weighted by atomic mass is 9.78. The second kappa shape index (κ2) is 8.30. The van der Waals surface area contributed by atoms with Gasteiger partial charge in [0.2, 0.25) is 0 Å². The van der Waals surface area contributed by atoms with Crippen LogP contribution in [0.1, 0.15) is 58.8 Å². The molecule has 0 saturated carbocycles. The van der Waals surface area contributed by atoms with Crippen LogP contribution < -0.4 is 10.8 Å². The monoisotopic (exact) mass is 450 g/mol. The molecule has 170 valence electrons. The lowest BCUT2D eigenvalue weighted by Gasteiger charge is -2.39. The molecule has 0 radical (unpaired) electrons. The van der Waals surface area contributed by atoms with Gasteiger partial charge in [0.05, 0.1) is 21.8 Å². The lowest BCUT2D eigenvalue weighted by Crippen LogP contribution is -2.54. The fraction of sp³-hybridized carbons (Fsp3) is 0.636. The Morgan fingerprint density at radius 1 is 1.19 bits per heavy atom. The standard InChI is InChI=1S/C22H32BClN2O5/c1-20(2,3)29-19(28)25-11-14-12-26(13-14)18(27)16-9-8-15(10-17(16)24)23-30-21(4,5)22(6,7)31-23/h8-10,14H,11-13H2,1-7H3,(H,25,28). The quantitative estimate of drug-likeness (QED) is 0.713. The highest BCUT2D eigenvalue weighted by Gasteiger charge is 2.51. The van der Waals surface area contributed by atoms with Crippen molar-refractivity contribution < 1.29 is 23.6 Å². The molecule has 2 heterocycles. The number of hydrogen-bond acceptors (Lipinski definition) is 5. The fourth-order valence-corrected chi connectivity index (χ4v) is 3.68. The van der Waals surface area contributed by atoms with Crippen LogP contribution in [-0.4, -0.2) is 60.5 Å². The Bertz CT molecular complexity index is 846. The van der Waals surface area contributed by atoms with Crippen molar-refractivity contribution in [2.75, 3.05) is 19.6 Å². The van der Waals surface area contributed by atoms with Crippen LogP contribution in [0.25, 0.3) is 0 Å². The number of nitrogens with zero attached hydrogens (tertiary/aromatic N) is 1. The van der Waals surface area contributed by atoms with Gasteiger partial charge >= 0.3 is 13.2 Å². The molecule has 0 aromatic heterocycles. The van der Waals surface area contributed by atoms with E-state index in [9.17, 15) is 9.59 Å². The van der Waals surface area contributed by atoms with Gasteiger partial charge in [-0.1, -0.05) is 17.7 Å². The minimum Gasteiger partial charge on any atom is -0.444 e. The zero-order valence-electron chi connectivity index (χ0n) is 19.4. The molecular weight excluding hydrogens is 419 g/mol. The van der Waals surface area contributed by atoms with E-state index in [1.165, 1.54) is 0 Å². The van der Waals surface area contributed by atoms with Crippen molar-refractivity contribution in [2.24, 2.45) is 5.92 Å². The highest BCUT2D eigenvalue weighted by molar-refractivity contribution is 6.62. The first-order valence-corrected chi connectivity index (χ1v) is 11.0. The molecule has 2 amide bonds. The molecule has 0 atom stereocenters. The van der Waals surface area contributed by atoms with Gasteiger partial charge in [0.1, 0.15) is 5.60 Å². The highest BCUT2D eigenvalue weighted by atomic mass is 35.5. The number of hydrogen-bond donors (Lipinski definition) is 1. The molecule has 7 nitrogen and oxygen atoms in total. The van der Waals surface area contributed by atoms with Crippen molar-refractivity contribution in [3.05, 3.63) is 28.8 Å². The minimum atomic E-state index is -0.533. The number of benzene rings is 1. The van der Waals surface area contributed by atoms with Gasteiger partial charge in [-0.25, -0.2) is 4.79 Å². The predicted molar refractivity (Wildman–Crippen MR) is 121 cm³/mol. The molecule has 31 heavy (non-hydrogen) atoms. The number of carbonyl (C=O) groups is 2. The van der Waals surface area contributed by atoms with Crippen molar-refractivity contribution in [3.8, 4) is 0 Å². The van der Waals surface area contributed by atoms with Gasteiger partial charge in [0.25, 0.3) is 5.91 Å². The normalized spacial score (nSPS) is 20.4. The predicted octanol–water partition coefficient (Wildman–Crippen LogP) is 3.24. The van der Waals surface area contributed by atoms with Crippen LogP contribution in [0.3, 0.4) is 0 Å². The summed E-state index contributed by atoms with van der Waals surface area (Å²) in [7, 11) is -0.529. The summed E-state index contributed by atoms with van der Waals surface area (Å²) < 4.78 is 17.3. The van der Waals surface area contributed by atoms with Crippen molar-refractivity contribution in [1.82, 2.24) is 10.2 Å². The number of nitrogens with one attached hydrogen (secondary N) is 1. The van der Waals surface area contributed by atoms with Crippen molar-refractivity contribution in [1.29, 1.82) is 0 Å². The van der Waals surface area contributed by atoms with Crippen molar-refractivity contribution in [3.63, 3.8) is 0 Å². The summed E-state index contributed by atoms with van der Waals surface area (Å²) in [6, 6.07) is 5.28. The summed E-state index contributed by atoms with van der Waals surface area (Å²) in [5.74, 6) is 0.0678. The molecule has 9 heteroatoms.